The molecule has 5 heteroatoms. The van der Waals surface area contributed by atoms with Crippen LogP contribution in [0.5, 0.6) is 0 Å². The van der Waals surface area contributed by atoms with Crippen molar-refractivity contribution in [2.24, 2.45) is 0 Å². The SMILES string of the molecule is CCc1ccc(Nc2cc(C)ncn2)cc1NC(=O)c1cccc2ccccc12. The lowest BCUT2D eigenvalue weighted by Gasteiger charge is -2.14. The first-order valence-electron chi connectivity index (χ1n) is 9.62. The average molecular weight is 382 g/mol. The van der Waals surface area contributed by atoms with Crippen LogP contribution in [-0.2, 0) is 6.42 Å². The fraction of sp³-hybridized carbons (Fsp3) is 0.125. The maximum absolute atomic E-state index is 13.1. The van der Waals surface area contributed by atoms with Crippen LogP contribution in [0.25, 0.3) is 10.8 Å². The summed E-state index contributed by atoms with van der Waals surface area (Å²) in [7, 11) is 0. The predicted molar refractivity (Wildman–Crippen MR) is 118 cm³/mol. The molecule has 2 N–H and O–H groups in total. The van der Waals surface area contributed by atoms with Crippen LogP contribution in [0.15, 0.2) is 73.1 Å². The number of carbonyl (C=O) groups is 1. The van der Waals surface area contributed by atoms with Gasteiger partial charge in [0.05, 0.1) is 0 Å². The molecule has 0 unspecified atom stereocenters. The third-order valence-electron chi connectivity index (χ3n) is 4.85. The summed E-state index contributed by atoms with van der Waals surface area (Å²) in [5, 5.41) is 8.36. The molecule has 0 saturated heterocycles. The van der Waals surface area contributed by atoms with Crippen molar-refractivity contribution in [2.45, 2.75) is 20.3 Å². The number of aryl methyl sites for hydroxylation is 2. The van der Waals surface area contributed by atoms with Gasteiger partial charge in [0.1, 0.15) is 12.1 Å². The maximum Gasteiger partial charge on any atom is 0.256 e. The number of aromatic nitrogens is 2. The van der Waals surface area contributed by atoms with Crippen LogP contribution in [-0.4, -0.2) is 15.9 Å². The van der Waals surface area contributed by atoms with Crippen LogP contribution in [0, 0.1) is 6.92 Å². The van der Waals surface area contributed by atoms with Crippen molar-refractivity contribution in [3.63, 3.8) is 0 Å². The molecule has 0 fully saturated rings. The van der Waals surface area contributed by atoms with E-state index in [4.69, 9.17) is 0 Å². The van der Waals surface area contributed by atoms with E-state index in [2.05, 4.69) is 27.5 Å². The second kappa shape index (κ2) is 8.10. The van der Waals surface area contributed by atoms with E-state index in [1.807, 2.05) is 73.7 Å². The topological polar surface area (TPSA) is 66.9 Å². The number of carbonyl (C=O) groups excluding carboxylic acids is 1. The van der Waals surface area contributed by atoms with Crippen molar-refractivity contribution < 1.29 is 4.79 Å². The molecule has 1 aromatic heterocycles. The summed E-state index contributed by atoms with van der Waals surface area (Å²) in [4.78, 5) is 21.4. The van der Waals surface area contributed by atoms with Crippen molar-refractivity contribution in [3.8, 4) is 0 Å². The molecule has 4 aromatic rings. The second-order valence-corrected chi connectivity index (χ2v) is 6.88. The lowest BCUT2D eigenvalue weighted by molar-refractivity contribution is 0.102. The number of anilines is 3. The van der Waals surface area contributed by atoms with Gasteiger partial charge in [-0.1, -0.05) is 49.4 Å². The van der Waals surface area contributed by atoms with Crippen LogP contribution in [0.4, 0.5) is 17.2 Å². The zero-order valence-corrected chi connectivity index (χ0v) is 16.4. The van der Waals surface area contributed by atoms with Gasteiger partial charge in [-0.2, -0.15) is 0 Å². The first-order valence-corrected chi connectivity index (χ1v) is 9.62. The molecule has 0 aliphatic rings. The fourth-order valence-corrected chi connectivity index (χ4v) is 3.36. The van der Waals surface area contributed by atoms with E-state index in [-0.39, 0.29) is 5.91 Å². The highest BCUT2D eigenvalue weighted by atomic mass is 16.1. The Morgan fingerprint density at radius 2 is 1.79 bits per heavy atom. The molecule has 0 radical (unpaired) electrons. The lowest BCUT2D eigenvalue weighted by Crippen LogP contribution is -2.14. The number of fused-ring (bicyclic) bond motifs is 1. The Balaban J connectivity index is 1.64. The highest BCUT2D eigenvalue weighted by Crippen LogP contribution is 2.26. The standard InChI is InChI=1S/C24H22N4O/c1-3-17-11-12-19(27-23-13-16(2)25-15-26-23)14-22(17)28-24(29)21-10-6-8-18-7-4-5-9-20(18)21/h4-15H,3H2,1-2H3,(H,28,29)(H,25,26,27). The Kier molecular flexibility index (Phi) is 5.20. The molecule has 5 nitrogen and oxygen atoms in total. The summed E-state index contributed by atoms with van der Waals surface area (Å²) in [6.07, 6.45) is 2.35. The molecule has 0 spiro atoms. The first kappa shape index (κ1) is 18.6. The molecule has 0 aliphatic heterocycles. The van der Waals surface area contributed by atoms with Gasteiger partial charge in [-0.05, 0) is 47.9 Å². The molecule has 29 heavy (non-hydrogen) atoms. The Hall–Kier alpha value is -3.73. The molecular weight excluding hydrogens is 360 g/mol. The monoisotopic (exact) mass is 382 g/mol. The van der Waals surface area contributed by atoms with Gasteiger partial charge in [-0.15, -0.1) is 0 Å². The minimum absolute atomic E-state index is 0.119. The number of hydrogen-bond acceptors (Lipinski definition) is 4. The molecular formula is C24H22N4O. The number of nitrogens with zero attached hydrogens (tertiary/aromatic N) is 2. The van der Waals surface area contributed by atoms with E-state index < -0.39 is 0 Å². The average Bonchev–Trinajstić information content (AvgIpc) is 2.73. The maximum atomic E-state index is 13.1. The summed E-state index contributed by atoms with van der Waals surface area (Å²) in [6, 6.07) is 21.5. The van der Waals surface area contributed by atoms with Crippen LogP contribution < -0.4 is 10.6 Å². The Bertz CT molecular complexity index is 1180. The van der Waals surface area contributed by atoms with Crippen LogP contribution in [0.1, 0.15) is 28.5 Å². The third kappa shape index (κ3) is 4.09. The van der Waals surface area contributed by atoms with Crippen molar-refractivity contribution >= 4 is 33.9 Å². The van der Waals surface area contributed by atoms with E-state index in [0.29, 0.717) is 11.4 Å². The molecule has 0 saturated carbocycles. The summed E-state index contributed by atoms with van der Waals surface area (Å²) >= 11 is 0. The van der Waals surface area contributed by atoms with E-state index >= 15 is 0 Å². The van der Waals surface area contributed by atoms with Crippen molar-refractivity contribution in [1.82, 2.24) is 9.97 Å². The number of rotatable bonds is 5. The van der Waals surface area contributed by atoms with Gasteiger partial charge in [-0.3, -0.25) is 4.79 Å². The summed E-state index contributed by atoms with van der Waals surface area (Å²) in [6.45, 7) is 3.99. The Morgan fingerprint density at radius 3 is 2.62 bits per heavy atom. The summed E-state index contributed by atoms with van der Waals surface area (Å²) in [5.41, 5.74) is 4.27. The van der Waals surface area contributed by atoms with Gasteiger partial charge in [0.2, 0.25) is 0 Å². The van der Waals surface area contributed by atoms with E-state index in [1.54, 1.807) is 0 Å². The fourth-order valence-electron chi connectivity index (χ4n) is 3.36. The van der Waals surface area contributed by atoms with Gasteiger partial charge < -0.3 is 10.6 Å². The largest absolute Gasteiger partial charge is 0.340 e. The van der Waals surface area contributed by atoms with Gasteiger partial charge >= 0.3 is 0 Å². The number of nitrogens with one attached hydrogen (secondary N) is 2. The van der Waals surface area contributed by atoms with Crippen LogP contribution in [0.3, 0.4) is 0 Å². The third-order valence-corrected chi connectivity index (χ3v) is 4.85. The zero-order valence-electron chi connectivity index (χ0n) is 16.4. The Labute approximate surface area is 169 Å². The quantitative estimate of drug-likeness (QED) is 0.478. The Morgan fingerprint density at radius 1 is 0.966 bits per heavy atom. The minimum Gasteiger partial charge on any atom is -0.340 e. The molecule has 0 bridgehead atoms. The number of benzene rings is 3. The van der Waals surface area contributed by atoms with E-state index in [1.165, 1.54) is 6.33 Å². The zero-order chi connectivity index (χ0) is 20.2. The van der Waals surface area contributed by atoms with Crippen LogP contribution in [0.2, 0.25) is 0 Å². The second-order valence-electron chi connectivity index (χ2n) is 6.88. The van der Waals surface area contributed by atoms with Crippen molar-refractivity contribution in [1.29, 1.82) is 0 Å². The van der Waals surface area contributed by atoms with Gasteiger partial charge in [-0.25, -0.2) is 9.97 Å². The molecule has 144 valence electrons. The molecule has 1 amide bonds. The molecule has 1 heterocycles. The van der Waals surface area contributed by atoms with Gasteiger partial charge in [0, 0.05) is 28.7 Å². The summed E-state index contributed by atoms with van der Waals surface area (Å²) < 4.78 is 0. The first-order chi connectivity index (χ1) is 14.1. The molecule has 0 atom stereocenters. The molecule has 3 aromatic carbocycles. The van der Waals surface area contributed by atoms with Gasteiger partial charge in [0.15, 0.2) is 0 Å². The van der Waals surface area contributed by atoms with E-state index in [9.17, 15) is 4.79 Å². The van der Waals surface area contributed by atoms with E-state index in [0.717, 1.165) is 39.8 Å². The minimum atomic E-state index is -0.119. The van der Waals surface area contributed by atoms with Gasteiger partial charge in [0.25, 0.3) is 5.91 Å². The smallest absolute Gasteiger partial charge is 0.256 e. The number of hydrogen-bond donors (Lipinski definition) is 2. The van der Waals surface area contributed by atoms with Crippen molar-refractivity contribution in [3.05, 3.63) is 89.9 Å². The lowest BCUT2D eigenvalue weighted by atomic mass is 10.0. The normalized spacial score (nSPS) is 10.7. The highest BCUT2D eigenvalue weighted by molar-refractivity contribution is 6.13. The van der Waals surface area contributed by atoms with Crippen LogP contribution >= 0.6 is 0 Å². The summed E-state index contributed by atoms with van der Waals surface area (Å²) in [5.74, 6) is 0.597. The molecule has 4 rings (SSSR count). The van der Waals surface area contributed by atoms with Crippen molar-refractivity contribution in [2.75, 3.05) is 10.6 Å². The number of amides is 1. The highest BCUT2D eigenvalue weighted by Gasteiger charge is 2.12. The predicted octanol–water partition coefficient (Wildman–Crippen LogP) is 5.50. The molecule has 0 aliphatic carbocycles.